The van der Waals surface area contributed by atoms with Crippen molar-refractivity contribution in [2.45, 2.75) is 55.4 Å². The first-order valence-corrected chi connectivity index (χ1v) is 9.43. The second-order valence-electron chi connectivity index (χ2n) is 7.57. The monoisotopic (exact) mass is 385 g/mol. The number of nitrogens with one attached hydrogen (secondary N) is 1. The smallest absolute Gasteiger partial charge is 0.155 e. The Bertz CT molecular complexity index is 1120. The van der Waals surface area contributed by atoms with Crippen LogP contribution in [0.15, 0.2) is 4.99 Å². The summed E-state index contributed by atoms with van der Waals surface area (Å²) in [6.45, 7) is 16.0. The fourth-order valence-corrected chi connectivity index (χ4v) is 3.75. The molecule has 0 radical (unpaired) electrons. The van der Waals surface area contributed by atoms with Gasteiger partial charge < -0.3 is 5.73 Å². The Hall–Kier alpha value is -3.44. The molecule has 2 aromatic carbocycles. The molecule has 1 aliphatic rings. The maximum absolute atomic E-state index is 8.97. The summed E-state index contributed by atoms with van der Waals surface area (Å²) in [5.41, 5.74) is 17.6. The van der Waals surface area contributed by atoms with Crippen LogP contribution in [0.4, 0.5) is 0 Å². The van der Waals surface area contributed by atoms with Crippen molar-refractivity contribution in [2.75, 3.05) is 0 Å². The van der Waals surface area contributed by atoms with Gasteiger partial charge in [0.25, 0.3) is 0 Å². The Morgan fingerprint density at radius 3 is 1.34 bits per heavy atom. The fraction of sp³-hybridized carbons (Fsp3) is 0.333. The fourth-order valence-electron chi connectivity index (χ4n) is 3.75. The van der Waals surface area contributed by atoms with E-state index in [4.69, 9.17) is 21.7 Å². The van der Waals surface area contributed by atoms with Crippen LogP contribution in [0.3, 0.4) is 0 Å². The van der Waals surface area contributed by atoms with Crippen molar-refractivity contribution in [1.82, 2.24) is 0 Å². The van der Waals surface area contributed by atoms with Crippen molar-refractivity contribution in [1.29, 1.82) is 15.9 Å². The molecule has 3 rings (SSSR count). The molecular weight excluding hydrogens is 358 g/mol. The molecule has 3 N–H and O–H groups in total. The highest BCUT2D eigenvalue weighted by atomic mass is 14.9. The van der Waals surface area contributed by atoms with Gasteiger partial charge in [0.15, 0.2) is 5.84 Å². The van der Waals surface area contributed by atoms with Gasteiger partial charge >= 0.3 is 0 Å². The van der Waals surface area contributed by atoms with Gasteiger partial charge in [-0.05, 0) is 99.9 Å². The summed E-state index contributed by atoms with van der Waals surface area (Å²) in [4.78, 5) is 4.04. The summed E-state index contributed by atoms with van der Waals surface area (Å²) >= 11 is 0. The standard InChI is InChI=1S/C12H15N3.C12H12N2/c1-5-6(2)8(4)10-9(7(5)3)11(13)15-12(10)14;1-7-8(2)10(4)12(6-14)11(5-13)9(7)3/h1-4H3,(H3,13,14,15);1-4H3. The maximum Gasteiger partial charge on any atom is 0.155 e. The average molecular weight is 386 g/mol. The minimum Gasteiger partial charge on any atom is -0.383 e. The van der Waals surface area contributed by atoms with Crippen LogP contribution in [-0.2, 0) is 0 Å². The molecule has 0 spiro atoms. The van der Waals surface area contributed by atoms with E-state index in [9.17, 15) is 0 Å². The highest BCUT2D eigenvalue weighted by molar-refractivity contribution is 6.22. The molecule has 148 valence electrons. The second kappa shape index (κ2) is 7.89. The van der Waals surface area contributed by atoms with Gasteiger partial charge in [0.05, 0.1) is 11.1 Å². The minimum absolute atomic E-state index is 0.297. The molecule has 5 nitrogen and oxygen atoms in total. The molecule has 0 amide bonds. The van der Waals surface area contributed by atoms with E-state index in [0.29, 0.717) is 22.8 Å². The Kier molecular flexibility index (Phi) is 5.95. The van der Waals surface area contributed by atoms with Crippen LogP contribution in [0.5, 0.6) is 0 Å². The third-order valence-corrected chi connectivity index (χ3v) is 6.32. The molecular formula is C24H27N5. The second-order valence-corrected chi connectivity index (χ2v) is 7.57. The van der Waals surface area contributed by atoms with Gasteiger partial charge in [0, 0.05) is 11.1 Å². The highest BCUT2D eigenvalue weighted by Crippen LogP contribution is 2.30. The zero-order valence-corrected chi connectivity index (χ0v) is 18.4. The summed E-state index contributed by atoms with van der Waals surface area (Å²) in [5.74, 6) is 0.782. The molecule has 0 saturated heterocycles. The number of hydrogen-bond donors (Lipinski definition) is 2. The summed E-state index contributed by atoms with van der Waals surface area (Å²) in [6.07, 6.45) is 0. The van der Waals surface area contributed by atoms with Gasteiger partial charge in [0.2, 0.25) is 0 Å². The number of benzene rings is 2. The Morgan fingerprint density at radius 1 is 0.621 bits per heavy atom. The molecule has 0 fully saturated rings. The SMILES string of the molecule is Cc1c(C)c(C)c(C#N)c(C#N)c1C.Cc1c(C)c(C)c2c(c1C)C(=N)N=C2N. The lowest BCUT2D eigenvalue weighted by Gasteiger charge is -2.14. The normalized spacial score (nSPS) is 11.8. The first kappa shape index (κ1) is 21.9. The van der Waals surface area contributed by atoms with Crippen molar-refractivity contribution in [2.24, 2.45) is 10.7 Å². The van der Waals surface area contributed by atoms with Gasteiger partial charge in [-0.3, -0.25) is 5.41 Å². The lowest BCUT2D eigenvalue weighted by molar-refractivity contribution is 1.18. The summed E-state index contributed by atoms with van der Waals surface area (Å²) < 4.78 is 0. The molecule has 0 aromatic heterocycles. The number of hydrogen-bond acceptors (Lipinski definition) is 4. The molecule has 1 heterocycles. The number of rotatable bonds is 0. The number of amidine groups is 2. The summed E-state index contributed by atoms with van der Waals surface area (Å²) in [7, 11) is 0. The van der Waals surface area contributed by atoms with Crippen LogP contribution in [0.25, 0.3) is 0 Å². The van der Waals surface area contributed by atoms with Crippen molar-refractivity contribution in [3.63, 3.8) is 0 Å². The van der Waals surface area contributed by atoms with Crippen molar-refractivity contribution >= 4 is 11.7 Å². The van der Waals surface area contributed by atoms with Crippen LogP contribution in [0, 0.1) is 83.5 Å². The van der Waals surface area contributed by atoms with Crippen LogP contribution in [0.1, 0.15) is 66.8 Å². The topological polar surface area (TPSA) is 110 Å². The van der Waals surface area contributed by atoms with E-state index in [-0.39, 0.29) is 0 Å². The van der Waals surface area contributed by atoms with Crippen molar-refractivity contribution in [3.05, 3.63) is 66.8 Å². The molecule has 0 unspecified atom stereocenters. The zero-order valence-electron chi connectivity index (χ0n) is 18.4. The number of nitrogens with two attached hydrogens (primary N) is 1. The molecule has 5 heteroatoms. The van der Waals surface area contributed by atoms with Gasteiger partial charge in [0.1, 0.15) is 18.0 Å². The third-order valence-electron chi connectivity index (χ3n) is 6.32. The summed E-state index contributed by atoms with van der Waals surface area (Å²) in [6, 6.07) is 4.20. The highest BCUT2D eigenvalue weighted by Gasteiger charge is 2.25. The van der Waals surface area contributed by atoms with E-state index in [0.717, 1.165) is 44.5 Å². The van der Waals surface area contributed by atoms with Crippen LogP contribution < -0.4 is 5.73 Å². The predicted molar refractivity (Wildman–Crippen MR) is 118 cm³/mol. The van der Waals surface area contributed by atoms with E-state index >= 15 is 0 Å². The molecule has 0 bridgehead atoms. The van der Waals surface area contributed by atoms with Crippen LogP contribution in [-0.4, -0.2) is 11.7 Å². The molecule has 29 heavy (non-hydrogen) atoms. The quantitative estimate of drug-likeness (QED) is 0.690. The zero-order chi connectivity index (χ0) is 22.2. The summed E-state index contributed by atoms with van der Waals surface area (Å²) in [5, 5.41) is 25.7. The van der Waals surface area contributed by atoms with E-state index in [1.807, 2.05) is 41.5 Å². The van der Waals surface area contributed by atoms with Gasteiger partial charge in [-0.25, -0.2) is 4.99 Å². The van der Waals surface area contributed by atoms with Crippen LogP contribution >= 0.6 is 0 Å². The predicted octanol–water partition coefficient (Wildman–Crippen LogP) is 4.63. The lowest BCUT2D eigenvalue weighted by Crippen LogP contribution is -2.14. The van der Waals surface area contributed by atoms with Crippen LogP contribution in [0.2, 0.25) is 0 Å². The molecule has 0 aliphatic carbocycles. The first-order chi connectivity index (χ1) is 13.5. The Balaban J connectivity index is 0.000000208. The minimum atomic E-state index is 0.297. The number of nitriles is 2. The number of nitrogens with zero attached hydrogens (tertiary/aromatic N) is 3. The number of fused-ring (bicyclic) bond motifs is 1. The van der Waals surface area contributed by atoms with Gasteiger partial charge in [-0.2, -0.15) is 10.5 Å². The van der Waals surface area contributed by atoms with Gasteiger partial charge in [-0.1, -0.05) is 0 Å². The molecule has 1 aliphatic heterocycles. The Labute approximate surface area is 173 Å². The Morgan fingerprint density at radius 2 is 0.966 bits per heavy atom. The third kappa shape index (κ3) is 3.41. The van der Waals surface area contributed by atoms with Crippen molar-refractivity contribution in [3.8, 4) is 12.1 Å². The van der Waals surface area contributed by atoms with E-state index < -0.39 is 0 Å². The molecule has 0 saturated carbocycles. The lowest BCUT2D eigenvalue weighted by atomic mass is 9.89. The van der Waals surface area contributed by atoms with Gasteiger partial charge in [-0.15, -0.1) is 0 Å². The average Bonchev–Trinajstić information content (AvgIpc) is 3.00. The van der Waals surface area contributed by atoms with E-state index in [2.05, 4.69) is 31.0 Å². The van der Waals surface area contributed by atoms with E-state index in [1.54, 1.807) is 0 Å². The first-order valence-electron chi connectivity index (χ1n) is 9.43. The molecule has 2 aromatic rings. The number of aliphatic imine (C=N–C) groups is 1. The maximum atomic E-state index is 8.97. The van der Waals surface area contributed by atoms with E-state index in [1.165, 1.54) is 11.1 Å². The molecule has 0 atom stereocenters. The largest absolute Gasteiger partial charge is 0.383 e. The van der Waals surface area contributed by atoms with Crippen molar-refractivity contribution < 1.29 is 0 Å².